The average molecular weight is 557 g/mol. The number of thioether (sulfide) groups is 1. The van der Waals surface area contributed by atoms with Gasteiger partial charge in [-0.15, -0.1) is 0 Å². The van der Waals surface area contributed by atoms with Gasteiger partial charge < -0.3 is 9.84 Å². The van der Waals surface area contributed by atoms with E-state index in [-0.39, 0.29) is 25.5 Å². The van der Waals surface area contributed by atoms with Crippen molar-refractivity contribution in [3.8, 4) is 5.75 Å². The van der Waals surface area contributed by atoms with E-state index in [4.69, 9.17) is 4.74 Å². The molecule has 4 atom stereocenters. The van der Waals surface area contributed by atoms with E-state index in [1.807, 2.05) is 91.2 Å². The summed E-state index contributed by atoms with van der Waals surface area (Å²) in [6.45, 7) is 0.195. The van der Waals surface area contributed by atoms with E-state index in [1.54, 1.807) is 12.1 Å². The second-order valence-corrected chi connectivity index (χ2v) is 11.0. The highest BCUT2D eigenvalue weighted by Crippen LogP contribution is 2.50. The summed E-state index contributed by atoms with van der Waals surface area (Å²) in [5.41, 5.74) is 1.30. The normalized spacial score (nSPS) is 24.0. The van der Waals surface area contributed by atoms with Gasteiger partial charge in [-0.1, -0.05) is 84.9 Å². The van der Waals surface area contributed by atoms with Crippen LogP contribution in [0.5, 0.6) is 5.75 Å². The maximum Gasteiger partial charge on any atom is 0.324 e. The van der Waals surface area contributed by atoms with Crippen molar-refractivity contribution >= 4 is 41.7 Å². The minimum atomic E-state index is -1.54. The summed E-state index contributed by atoms with van der Waals surface area (Å²) < 4.78 is 5.74. The van der Waals surface area contributed by atoms with Gasteiger partial charge in [0, 0.05) is 6.04 Å². The van der Waals surface area contributed by atoms with Crippen molar-refractivity contribution in [2.24, 2.45) is 11.8 Å². The maximum atomic E-state index is 13.7. The first-order valence-corrected chi connectivity index (χ1v) is 14.7. The van der Waals surface area contributed by atoms with Crippen LogP contribution in [-0.4, -0.2) is 58.5 Å². The average Bonchev–Trinajstić information content (AvgIpc) is 3.46. The molecular weight excluding hydrogens is 524 g/mol. The fraction of sp³-hybridized carbons (Fsp3) is 0.281. The third kappa shape index (κ3) is 5.42. The Labute approximate surface area is 238 Å². The van der Waals surface area contributed by atoms with Crippen molar-refractivity contribution in [2.75, 3.05) is 25.2 Å². The SMILES string of the molecule is CSCCC1(C(=O)O)NC(c2ccc(C=Cc3ccccc3)cc2)C2C(=O)N(CCOc3ccccc3)C(=O)C21. The summed E-state index contributed by atoms with van der Waals surface area (Å²) in [5, 5.41) is 13.7. The summed E-state index contributed by atoms with van der Waals surface area (Å²) in [6, 6.07) is 26.2. The summed E-state index contributed by atoms with van der Waals surface area (Å²) in [4.78, 5) is 41.4. The van der Waals surface area contributed by atoms with Gasteiger partial charge >= 0.3 is 5.97 Å². The number of fused-ring (bicyclic) bond motifs is 1. The first-order valence-electron chi connectivity index (χ1n) is 13.3. The second kappa shape index (κ2) is 12.1. The highest BCUT2D eigenvalue weighted by Gasteiger charge is 2.68. The Bertz CT molecular complexity index is 1380. The van der Waals surface area contributed by atoms with Crippen LogP contribution in [0.3, 0.4) is 0 Å². The lowest BCUT2D eigenvalue weighted by molar-refractivity contribution is -0.151. The van der Waals surface area contributed by atoms with E-state index in [9.17, 15) is 19.5 Å². The van der Waals surface area contributed by atoms with E-state index in [0.29, 0.717) is 11.5 Å². The zero-order valence-corrected chi connectivity index (χ0v) is 23.1. The molecule has 0 bridgehead atoms. The number of nitrogens with zero attached hydrogens (tertiary/aromatic N) is 1. The van der Waals surface area contributed by atoms with Gasteiger partial charge in [-0.25, -0.2) is 0 Å². The van der Waals surface area contributed by atoms with E-state index in [2.05, 4.69) is 5.32 Å². The third-order valence-electron chi connectivity index (χ3n) is 7.72. The molecule has 2 aliphatic heterocycles. The van der Waals surface area contributed by atoms with Crippen molar-refractivity contribution in [1.29, 1.82) is 0 Å². The number of hydrogen-bond donors (Lipinski definition) is 2. The predicted molar refractivity (Wildman–Crippen MR) is 157 cm³/mol. The van der Waals surface area contributed by atoms with Crippen LogP contribution in [0, 0.1) is 11.8 Å². The summed E-state index contributed by atoms with van der Waals surface area (Å²) in [6.07, 6.45) is 6.15. The molecule has 5 rings (SSSR count). The molecule has 7 nitrogen and oxygen atoms in total. The van der Waals surface area contributed by atoms with E-state index < -0.39 is 35.3 Å². The Hall–Kier alpha value is -3.88. The second-order valence-electron chi connectivity index (χ2n) is 10.0. The van der Waals surface area contributed by atoms with Gasteiger partial charge in [0.2, 0.25) is 11.8 Å². The minimum Gasteiger partial charge on any atom is -0.492 e. The highest BCUT2D eigenvalue weighted by atomic mass is 32.2. The van der Waals surface area contributed by atoms with E-state index >= 15 is 0 Å². The van der Waals surface area contributed by atoms with Crippen molar-refractivity contribution in [1.82, 2.24) is 10.2 Å². The Kier molecular flexibility index (Phi) is 8.38. The molecule has 0 radical (unpaired) electrons. The maximum absolute atomic E-state index is 13.7. The number of carboxylic acids is 1. The van der Waals surface area contributed by atoms with Gasteiger partial charge in [-0.05, 0) is 47.3 Å². The standard InChI is InChI=1S/C32H32N2O5S/c1-40-21-18-32(31(37)38)27-26(29(35)34(30(27)36)19-20-39-25-10-6-3-7-11-25)28(33-32)24-16-14-23(15-17-24)13-12-22-8-4-2-5-9-22/h2-17,26-28,33H,18-21H2,1H3,(H,37,38). The number of ether oxygens (including phenoxy) is 1. The van der Waals surface area contributed by atoms with Crippen LogP contribution in [-0.2, 0) is 14.4 Å². The van der Waals surface area contributed by atoms with Gasteiger partial charge in [0.05, 0.1) is 18.4 Å². The van der Waals surface area contributed by atoms with Gasteiger partial charge in [0.15, 0.2) is 0 Å². The lowest BCUT2D eigenvalue weighted by Gasteiger charge is -2.31. The van der Waals surface area contributed by atoms with Crippen LogP contribution in [0.4, 0.5) is 0 Å². The van der Waals surface area contributed by atoms with Crippen LogP contribution in [0.25, 0.3) is 12.2 Å². The minimum absolute atomic E-state index is 0.0632. The van der Waals surface area contributed by atoms with Crippen LogP contribution in [0.2, 0.25) is 0 Å². The number of nitrogens with one attached hydrogen (secondary N) is 1. The van der Waals surface area contributed by atoms with Crippen LogP contribution >= 0.6 is 11.8 Å². The van der Waals surface area contributed by atoms with Crippen LogP contribution in [0.1, 0.15) is 29.2 Å². The third-order valence-corrected chi connectivity index (χ3v) is 8.33. The molecule has 206 valence electrons. The molecule has 0 aromatic heterocycles. The lowest BCUT2D eigenvalue weighted by Crippen LogP contribution is -2.56. The number of imide groups is 1. The number of carbonyl (C=O) groups excluding carboxylic acids is 2. The predicted octanol–water partition coefficient (Wildman–Crippen LogP) is 4.76. The zero-order valence-electron chi connectivity index (χ0n) is 22.2. The van der Waals surface area contributed by atoms with Crippen LogP contribution in [0.15, 0.2) is 84.9 Å². The Morgan fingerprint density at radius 3 is 2.20 bits per heavy atom. The van der Waals surface area contributed by atoms with Crippen LogP contribution < -0.4 is 10.1 Å². The fourth-order valence-electron chi connectivity index (χ4n) is 5.71. The van der Waals surface area contributed by atoms with Crippen molar-refractivity contribution in [3.63, 3.8) is 0 Å². The van der Waals surface area contributed by atoms with Gasteiger partial charge in [-0.2, -0.15) is 11.8 Å². The van der Waals surface area contributed by atoms with Gasteiger partial charge in [0.1, 0.15) is 17.9 Å². The monoisotopic (exact) mass is 556 g/mol. The molecular formula is C32H32N2O5S. The molecule has 2 aliphatic rings. The highest BCUT2D eigenvalue weighted by molar-refractivity contribution is 7.98. The summed E-state index contributed by atoms with van der Waals surface area (Å²) in [5.74, 6) is -2.54. The molecule has 0 spiro atoms. The topological polar surface area (TPSA) is 95.9 Å². The van der Waals surface area contributed by atoms with Crippen molar-refractivity contribution in [3.05, 3.63) is 102 Å². The number of carbonyl (C=O) groups is 3. The van der Waals surface area contributed by atoms with E-state index in [1.165, 1.54) is 16.7 Å². The summed E-state index contributed by atoms with van der Waals surface area (Å²) >= 11 is 1.51. The van der Waals surface area contributed by atoms with E-state index in [0.717, 1.165) is 16.7 Å². The Morgan fingerprint density at radius 2 is 1.57 bits per heavy atom. The van der Waals surface area contributed by atoms with Gasteiger partial charge in [-0.3, -0.25) is 24.6 Å². The Morgan fingerprint density at radius 1 is 0.950 bits per heavy atom. The number of amides is 2. The van der Waals surface area contributed by atoms with Gasteiger partial charge in [0.25, 0.3) is 0 Å². The number of benzene rings is 3. The fourth-order valence-corrected chi connectivity index (χ4v) is 6.23. The molecule has 0 aliphatic carbocycles. The number of carboxylic acid groups (broad SMARTS) is 1. The lowest BCUT2D eigenvalue weighted by atomic mass is 9.78. The molecule has 2 N–H and O–H groups in total. The molecule has 4 unspecified atom stereocenters. The van der Waals surface area contributed by atoms with Crippen molar-refractivity contribution < 1.29 is 24.2 Å². The quantitative estimate of drug-likeness (QED) is 0.260. The molecule has 3 aromatic carbocycles. The zero-order chi connectivity index (χ0) is 28.1. The molecule has 8 heteroatoms. The summed E-state index contributed by atoms with van der Waals surface area (Å²) in [7, 11) is 0. The Balaban J connectivity index is 1.40. The number of hydrogen-bond acceptors (Lipinski definition) is 6. The molecule has 2 fully saturated rings. The first-order chi connectivity index (χ1) is 19.4. The molecule has 2 saturated heterocycles. The molecule has 3 aromatic rings. The first kappa shape index (κ1) is 27.7. The molecule has 0 saturated carbocycles. The number of para-hydroxylation sites is 1. The molecule has 2 heterocycles. The van der Waals surface area contributed by atoms with Crippen molar-refractivity contribution in [2.45, 2.75) is 18.0 Å². The smallest absolute Gasteiger partial charge is 0.324 e. The molecule has 40 heavy (non-hydrogen) atoms. The number of aliphatic carboxylic acids is 1. The number of rotatable bonds is 11. The largest absolute Gasteiger partial charge is 0.492 e. The number of likely N-dealkylation sites (tertiary alicyclic amines) is 1. The molecule has 2 amide bonds.